The monoisotopic (exact) mass is 207 g/mol. The van der Waals surface area contributed by atoms with Crippen LogP contribution in [0.25, 0.3) is 0 Å². The summed E-state index contributed by atoms with van der Waals surface area (Å²) in [5.41, 5.74) is -0.295. The fraction of sp³-hybridized carbons (Fsp3) is 0.400. The molecule has 3 nitrogen and oxygen atoms in total. The Balaban J connectivity index is 2.27. The highest BCUT2D eigenvalue weighted by molar-refractivity contribution is 7.14. The van der Waals surface area contributed by atoms with Crippen molar-refractivity contribution in [2.45, 2.75) is 18.3 Å². The molecule has 0 radical (unpaired) electrons. The van der Waals surface area contributed by atoms with Gasteiger partial charge in [-0.15, -0.1) is 11.3 Å². The molecule has 1 aliphatic carbocycles. The lowest BCUT2D eigenvalue weighted by Gasteiger charge is -1.99. The zero-order chi connectivity index (χ0) is 10.2. The van der Waals surface area contributed by atoms with Crippen LogP contribution in [0.15, 0.2) is 12.1 Å². The van der Waals surface area contributed by atoms with Crippen LogP contribution in [-0.4, -0.2) is 13.1 Å². The second-order valence-corrected chi connectivity index (χ2v) is 4.43. The number of esters is 1. The first kappa shape index (κ1) is 9.22. The van der Waals surface area contributed by atoms with Gasteiger partial charge >= 0.3 is 5.97 Å². The van der Waals surface area contributed by atoms with Gasteiger partial charge < -0.3 is 4.74 Å². The normalized spacial score (nSPS) is 17.1. The summed E-state index contributed by atoms with van der Waals surface area (Å²) >= 11 is 1.36. The van der Waals surface area contributed by atoms with E-state index >= 15 is 0 Å². The smallest absolute Gasteiger partial charge is 0.348 e. The van der Waals surface area contributed by atoms with Gasteiger partial charge in [0.15, 0.2) is 0 Å². The highest BCUT2D eigenvalue weighted by Gasteiger charge is 2.46. The van der Waals surface area contributed by atoms with Gasteiger partial charge in [-0.25, -0.2) is 4.79 Å². The number of thiophene rings is 1. The van der Waals surface area contributed by atoms with Crippen molar-refractivity contribution in [2.75, 3.05) is 7.11 Å². The first-order valence-electron chi connectivity index (χ1n) is 4.32. The van der Waals surface area contributed by atoms with Crippen LogP contribution in [0.3, 0.4) is 0 Å². The minimum atomic E-state index is -0.324. The summed E-state index contributed by atoms with van der Waals surface area (Å²) in [4.78, 5) is 12.7. The van der Waals surface area contributed by atoms with Crippen LogP contribution >= 0.6 is 11.3 Å². The van der Waals surface area contributed by atoms with E-state index in [4.69, 9.17) is 5.26 Å². The van der Waals surface area contributed by atoms with Gasteiger partial charge in [-0.3, -0.25) is 0 Å². The molecule has 14 heavy (non-hydrogen) atoms. The molecule has 1 aliphatic rings. The van der Waals surface area contributed by atoms with Crippen molar-refractivity contribution in [3.05, 3.63) is 21.9 Å². The Hall–Kier alpha value is -1.34. The number of nitrogens with zero attached hydrogens (tertiary/aromatic N) is 1. The van der Waals surface area contributed by atoms with Crippen molar-refractivity contribution < 1.29 is 9.53 Å². The molecule has 0 spiro atoms. The molecular formula is C10H9NO2S. The molecule has 0 atom stereocenters. The lowest BCUT2D eigenvalue weighted by atomic mass is 10.1. The van der Waals surface area contributed by atoms with Gasteiger partial charge in [-0.05, 0) is 25.0 Å². The summed E-state index contributed by atoms with van der Waals surface area (Å²) in [6.07, 6.45) is 1.81. The third kappa shape index (κ3) is 1.30. The summed E-state index contributed by atoms with van der Waals surface area (Å²) in [5, 5.41) is 8.96. The van der Waals surface area contributed by atoms with Gasteiger partial charge in [0.05, 0.1) is 18.6 Å². The Kier molecular flexibility index (Phi) is 2.05. The first-order valence-corrected chi connectivity index (χ1v) is 5.13. The molecule has 1 saturated carbocycles. The third-order valence-electron chi connectivity index (χ3n) is 2.43. The van der Waals surface area contributed by atoms with Crippen molar-refractivity contribution in [3.63, 3.8) is 0 Å². The Morgan fingerprint density at radius 3 is 2.86 bits per heavy atom. The summed E-state index contributed by atoms with van der Waals surface area (Å²) in [6, 6.07) is 5.88. The van der Waals surface area contributed by atoms with E-state index in [1.807, 2.05) is 6.07 Å². The maximum Gasteiger partial charge on any atom is 0.348 e. The maximum absolute atomic E-state index is 11.2. The Morgan fingerprint density at radius 1 is 1.64 bits per heavy atom. The van der Waals surface area contributed by atoms with E-state index in [-0.39, 0.29) is 11.4 Å². The minimum Gasteiger partial charge on any atom is -0.465 e. The third-order valence-corrected chi connectivity index (χ3v) is 3.70. The predicted octanol–water partition coefficient (Wildman–Crippen LogP) is 2.09. The number of hydrogen-bond acceptors (Lipinski definition) is 4. The van der Waals surface area contributed by atoms with Crippen LogP contribution in [0.1, 0.15) is 27.4 Å². The summed E-state index contributed by atoms with van der Waals surface area (Å²) in [6.45, 7) is 0. The molecule has 1 heterocycles. The Bertz CT molecular complexity index is 412. The van der Waals surface area contributed by atoms with E-state index in [1.54, 1.807) is 6.07 Å². The molecule has 4 heteroatoms. The van der Waals surface area contributed by atoms with E-state index < -0.39 is 0 Å². The summed E-state index contributed by atoms with van der Waals surface area (Å²) < 4.78 is 4.60. The number of rotatable bonds is 2. The fourth-order valence-electron chi connectivity index (χ4n) is 1.34. The molecule has 0 aliphatic heterocycles. The molecule has 1 fully saturated rings. The largest absolute Gasteiger partial charge is 0.465 e. The van der Waals surface area contributed by atoms with Crippen LogP contribution in [0.5, 0.6) is 0 Å². The molecule has 0 N–H and O–H groups in total. The van der Waals surface area contributed by atoms with Gasteiger partial charge in [0, 0.05) is 4.88 Å². The van der Waals surface area contributed by atoms with E-state index in [9.17, 15) is 4.79 Å². The van der Waals surface area contributed by atoms with Crippen molar-refractivity contribution in [1.82, 2.24) is 0 Å². The van der Waals surface area contributed by atoms with Crippen LogP contribution in [0.2, 0.25) is 0 Å². The average Bonchev–Trinajstić information content (AvgIpc) is 2.87. The van der Waals surface area contributed by atoms with Crippen molar-refractivity contribution in [2.24, 2.45) is 0 Å². The molecule has 1 aromatic heterocycles. The van der Waals surface area contributed by atoms with Crippen molar-refractivity contribution in [1.29, 1.82) is 5.26 Å². The van der Waals surface area contributed by atoms with Crippen LogP contribution in [0.4, 0.5) is 0 Å². The topological polar surface area (TPSA) is 50.1 Å². The molecule has 72 valence electrons. The number of carbonyl (C=O) groups excluding carboxylic acids is 1. The quantitative estimate of drug-likeness (QED) is 0.698. The first-order chi connectivity index (χ1) is 6.72. The molecule has 0 bridgehead atoms. The molecular weight excluding hydrogens is 198 g/mol. The fourth-order valence-corrected chi connectivity index (χ4v) is 2.46. The number of nitriles is 1. The number of carbonyl (C=O) groups is 1. The van der Waals surface area contributed by atoms with Crippen molar-refractivity contribution >= 4 is 17.3 Å². The van der Waals surface area contributed by atoms with Crippen molar-refractivity contribution in [3.8, 4) is 6.07 Å². The average molecular weight is 207 g/mol. The maximum atomic E-state index is 11.2. The predicted molar refractivity (Wildman–Crippen MR) is 52.2 cm³/mol. The zero-order valence-electron chi connectivity index (χ0n) is 7.74. The molecule has 0 saturated heterocycles. The van der Waals surface area contributed by atoms with E-state index in [0.717, 1.165) is 17.7 Å². The SMILES string of the molecule is COC(=O)c1ccc(C2(C#N)CC2)s1. The lowest BCUT2D eigenvalue weighted by molar-refractivity contribution is 0.0606. The number of ether oxygens (including phenoxy) is 1. The second-order valence-electron chi connectivity index (χ2n) is 3.35. The number of methoxy groups -OCH3 is 1. The van der Waals surface area contributed by atoms with Crippen LogP contribution < -0.4 is 0 Å². The van der Waals surface area contributed by atoms with Gasteiger partial charge in [-0.2, -0.15) is 5.26 Å². The Labute approximate surface area is 85.9 Å². The summed E-state index contributed by atoms with van der Waals surface area (Å²) in [7, 11) is 1.36. The minimum absolute atomic E-state index is 0.295. The molecule has 0 unspecified atom stereocenters. The molecule has 2 rings (SSSR count). The van der Waals surface area contributed by atoms with Gasteiger partial charge in [0.2, 0.25) is 0 Å². The van der Waals surface area contributed by atoms with Gasteiger partial charge in [-0.1, -0.05) is 0 Å². The molecule has 0 aromatic carbocycles. The highest BCUT2D eigenvalue weighted by atomic mass is 32.1. The summed E-state index contributed by atoms with van der Waals surface area (Å²) in [5.74, 6) is -0.324. The number of hydrogen-bond donors (Lipinski definition) is 0. The highest BCUT2D eigenvalue weighted by Crippen LogP contribution is 2.49. The van der Waals surface area contributed by atoms with Crippen LogP contribution in [-0.2, 0) is 10.2 Å². The molecule has 1 aromatic rings. The molecule has 0 amide bonds. The lowest BCUT2D eigenvalue weighted by Crippen LogP contribution is -1.99. The zero-order valence-corrected chi connectivity index (χ0v) is 8.56. The Morgan fingerprint density at radius 2 is 2.36 bits per heavy atom. The van der Waals surface area contributed by atoms with E-state index in [0.29, 0.717) is 4.88 Å². The van der Waals surface area contributed by atoms with Crippen LogP contribution in [0, 0.1) is 11.3 Å². The van der Waals surface area contributed by atoms with Gasteiger partial charge in [0.25, 0.3) is 0 Å². The van der Waals surface area contributed by atoms with E-state index in [2.05, 4.69) is 10.8 Å². The standard InChI is InChI=1S/C10H9NO2S/c1-13-9(12)7-2-3-8(14-7)10(6-11)4-5-10/h2-3H,4-5H2,1H3. The van der Waals surface area contributed by atoms with Gasteiger partial charge in [0.1, 0.15) is 4.88 Å². The van der Waals surface area contributed by atoms with E-state index in [1.165, 1.54) is 18.4 Å². The second kappa shape index (κ2) is 3.10.